The van der Waals surface area contributed by atoms with Crippen molar-refractivity contribution < 1.29 is 24.2 Å². The molecule has 0 saturated heterocycles. The van der Waals surface area contributed by atoms with Gasteiger partial charge in [-0.05, 0) is 70.2 Å². The van der Waals surface area contributed by atoms with E-state index in [1.165, 1.54) is 18.4 Å². The number of anilines is 1. The van der Waals surface area contributed by atoms with Crippen LogP contribution in [0.3, 0.4) is 0 Å². The minimum Gasteiger partial charge on any atom is -0.504 e. The van der Waals surface area contributed by atoms with Crippen LogP contribution in [0.2, 0.25) is 0 Å². The third kappa shape index (κ3) is 5.70. The topological polar surface area (TPSA) is 101 Å². The standard InChI is InChI=1S/C25H33N3O5S/c1-7-8-9-17-15-34-22(26-17)27-21(30)14-25(5)18-13-19(29)20(32-6)12-16(18)10-11-28(25)23(31)33-24(2,3)4/h7,12-13,15,29H,1,8-11,14H2,2-6H3,(H,26,27,30)/t25-/m1/s1. The second kappa shape index (κ2) is 10.0. The number of allylic oxidation sites excluding steroid dienone is 1. The van der Waals surface area contributed by atoms with E-state index in [0.717, 1.165) is 24.1 Å². The van der Waals surface area contributed by atoms with Crippen LogP contribution in [-0.2, 0) is 27.9 Å². The van der Waals surface area contributed by atoms with Gasteiger partial charge in [0.25, 0.3) is 0 Å². The fourth-order valence-electron chi connectivity index (χ4n) is 4.11. The second-order valence-corrected chi connectivity index (χ2v) is 10.4. The van der Waals surface area contributed by atoms with Gasteiger partial charge in [0.1, 0.15) is 5.60 Å². The molecule has 9 heteroatoms. The molecule has 2 amide bonds. The van der Waals surface area contributed by atoms with Crippen LogP contribution in [0.4, 0.5) is 9.93 Å². The van der Waals surface area contributed by atoms with Gasteiger partial charge in [-0.25, -0.2) is 9.78 Å². The number of hydrogen-bond acceptors (Lipinski definition) is 7. The summed E-state index contributed by atoms with van der Waals surface area (Å²) in [6.45, 7) is 11.3. The summed E-state index contributed by atoms with van der Waals surface area (Å²) in [6, 6.07) is 3.34. The van der Waals surface area contributed by atoms with Crippen molar-refractivity contribution >= 4 is 28.5 Å². The predicted octanol–water partition coefficient (Wildman–Crippen LogP) is 5.01. The van der Waals surface area contributed by atoms with E-state index in [-0.39, 0.29) is 18.1 Å². The molecule has 0 spiro atoms. The van der Waals surface area contributed by atoms with Gasteiger partial charge in [0.15, 0.2) is 16.6 Å². The number of carbonyl (C=O) groups is 2. The van der Waals surface area contributed by atoms with E-state index < -0.39 is 17.2 Å². The lowest BCUT2D eigenvalue weighted by Gasteiger charge is -2.46. The smallest absolute Gasteiger partial charge is 0.411 e. The predicted molar refractivity (Wildman–Crippen MR) is 133 cm³/mol. The number of phenols is 1. The third-order valence-electron chi connectivity index (χ3n) is 5.71. The highest BCUT2D eigenvalue weighted by atomic mass is 32.1. The van der Waals surface area contributed by atoms with Gasteiger partial charge < -0.3 is 19.9 Å². The van der Waals surface area contributed by atoms with E-state index >= 15 is 0 Å². The van der Waals surface area contributed by atoms with Crippen LogP contribution in [0.5, 0.6) is 11.5 Å². The first-order valence-corrected chi connectivity index (χ1v) is 12.1. The molecule has 34 heavy (non-hydrogen) atoms. The van der Waals surface area contributed by atoms with Crippen molar-refractivity contribution in [1.29, 1.82) is 0 Å². The molecule has 0 aliphatic carbocycles. The average Bonchev–Trinajstić information content (AvgIpc) is 3.18. The summed E-state index contributed by atoms with van der Waals surface area (Å²) >= 11 is 1.36. The third-order valence-corrected chi connectivity index (χ3v) is 6.51. The summed E-state index contributed by atoms with van der Waals surface area (Å²) < 4.78 is 10.9. The van der Waals surface area contributed by atoms with Crippen LogP contribution in [0, 0.1) is 0 Å². The molecule has 1 aromatic carbocycles. The first-order chi connectivity index (χ1) is 16.0. The summed E-state index contributed by atoms with van der Waals surface area (Å²) in [5.41, 5.74) is 0.745. The van der Waals surface area contributed by atoms with E-state index in [9.17, 15) is 14.7 Å². The molecule has 0 saturated carbocycles. The first-order valence-electron chi connectivity index (χ1n) is 11.2. The van der Waals surface area contributed by atoms with Gasteiger partial charge in [0.2, 0.25) is 5.91 Å². The lowest BCUT2D eigenvalue weighted by Crippen LogP contribution is -2.54. The van der Waals surface area contributed by atoms with Crippen LogP contribution in [-0.4, -0.2) is 46.2 Å². The molecule has 3 rings (SSSR count). The second-order valence-electron chi connectivity index (χ2n) is 9.53. The van der Waals surface area contributed by atoms with Crippen molar-refractivity contribution in [2.75, 3.05) is 19.0 Å². The number of amides is 2. The lowest BCUT2D eigenvalue weighted by atomic mass is 9.79. The summed E-state index contributed by atoms with van der Waals surface area (Å²) in [7, 11) is 1.49. The van der Waals surface area contributed by atoms with Crippen molar-refractivity contribution in [1.82, 2.24) is 9.88 Å². The number of benzene rings is 1. The Balaban J connectivity index is 1.92. The number of nitrogens with zero attached hydrogens (tertiary/aromatic N) is 2. The number of aromatic hydroxyl groups is 1. The van der Waals surface area contributed by atoms with E-state index in [1.54, 1.807) is 37.8 Å². The maximum absolute atomic E-state index is 13.2. The SMILES string of the molecule is C=CCCc1csc(NC(=O)C[C@]2(C)c3cc(O)c(OC)cc3CCN2C(=O)OC(C)(C)C)n1. The Morgan fingerprint density at radius 2 is 2.12 bits per heavy atom. The van der Waals surface area contributed by atoms with Crippen molar-refractivity contribution in [3.8, 4) is 11.5 Å². The number of phenolic OH excluding ortho intramolecular Hbond substituents is 1. The molecule has 1 aliphatic rings. The number of nitrogens with one attached hydrogen (secondary N) is 1. The highest BCUT2D eigenvalue weighted by molar-refractivity contribution is 7.13. The number of hydrogen-bond donors (Lipinski definition) is 2. The van der Waals surface area contributed by atoms with Gasteiger partial charge in [-0.1, -0.05) is 6.08 Å². The van der Waals surface area contributed by atoms with E-state index in [1.807, 2.05) is 18.4 Å². The molecular formula is C25H33N3O5S. The van der Waals surface area contributed by atoms with Gasteiger partial charge in [0.05, 0.1) is 24.8 Å². The Labute approximate surface area is 204 Å². The van der Waals surface area contributed by atoms with Crippen molar-refractivity contribution in [2.24, 2.45) is 0 Å². The Bertz CT molecular complexity index is 1070. The maximum atomic E-state index is 13.2. The Hall–Kier alpha value is -3.07. The summed E-state index contributed by atoms with van der Waals surface area (Å²) in [5.74, 6) is 0.0145. The zero-order valence-corrected chi connectivity index (χ0v) is 21.3. The Morgan fingerprint density at radius 1 is 1.38 bits per heavy atom. The van der Waals surface area contributed by atoms with Gasteiger partial charge in [-0.2, -0.15) is 0 Å². The number of methoxy groups -OCH3 is 1. The lowest BCUT2D eigenvalue weighted by molar-refractivity contribution is -0.119. The fraction of sp³-hybridized carbons (Fsp3) is 0.480. The molecule has 0 fully saturated rings. The minimum atomic E-state index is -1.05. The molecule has 0 unspecified atom stereocenters. The van der Waals surface area contributed by atoms with Crippen LogP contribution in [0.15, 0.2) is 30.2 Å². The summed E-state index contributed by atoms with van der Waals surface area (Å²) in [4.78, 5) is 32.3. The highest BCUT2D eigenvalue weighted by Gasteiger charge is 2.45. The molecule has 8 nitrogen and oxygen atoms in total. The van der Waals surface area contributed by atoms with Crippen LogP contribution >= 0.6 is 11.3 Å². The zero-order valence-electron chi connectivity index (χ0n) is 20.4. The molecular weight excluding hydrogens is 454 g/mol. The van der Waals surface area contributed by atoms with Gasteiger partial charge in [-0.15, -0.1) is 17.9 Å². The highest BCUT2D eigenvalue weighted by Crippen LogP contribution is 2.43. The Morgan fingerprint density at radius 3 is 2.76 bits per heavy atom. The molecule has 1 aromatic heterocycles. The molecule has 2 aromatic rings. The molecule has 1 atom stereocenters. The normalized spacial score (nSPS) is 17.6. The van der Waals surface area contributed by atoms with Crippen LogP contribution in [0.25, 0.3) is 0 Å². The van der Waals surface area contributed by atoms with Crippen molar-refractivity contribution in [2.45, 2.75) is 64.5 Å². The molecule has 0 radical (unpaired) electrons. The summed E-state index contributed by atoms with van der Waals surface area (Å²) in [6.07, 6.45) is 3.39. The van der Waals surface area contributed by atoms with Gasteiger partial charge in [0, 0.05) is 11.9 Å². The van der Waals surface area contributed by atoms with Crippen LogP contribution < -0.4 is 10.1 Å². The number of carbonyl (C=O) groups excluding carboxylic acids is 2. The van der Waals surface area contributed by atoms with Crippen molar-refractivity contribution in [3.05, 3.63) is 47.0 Å². The largest absolute Gasteiger partial charge is 0.504 e. The molecule has 2 N–H and O–H groups in total. The molecule has 0 bridgehead atoms. The average molecular weight is 488 g/mol. The molecule has 1 aliphatic heterocycles. The quantitative estimate of drug-likeness (QED) is 0.532. The molecule has 2 heterocycles. The fourth-order valence-corrected chi connectivity index (χ4v) is 4.87. The Kier molecular flexibility index (Phi) is 7.55. The number of aryl methyl sites for hydroxylation is 1. The van der Waals surface area contributed by atoms with Gasteiger partial charge >= 0.3 is 6.09 Å². The summed E-state index contributed by atoms with van der Waals surface area (Å²) in [5, 5.41) is 15.8. The van der Waals surface area contributed by atoms with E-state index in [2.05, 4.69) is 16.9 Å². The van der Waals surface area contributed by atoms with E-state index in [0.29, 0.717) is 29.4 Å². The van der Waals surface area contributed by atoms with Crippen molar-refractivity contribution in [3.63, 3.8) is 0 Å². The first kappa shape index (κ1) is 25.6. The van der Waals surface area contributed by atoms with E-state index in [4.69, 9.17) is 9.47 Å². The van der Waals surface area contributed by atoms with Crippen LogP contribution in [0.1, 0.15) is 57.4 Å². The number of rotatable bonds is 7. The maximum Gasteiger partial charge on any atom is 0.411 e. The number of fused-ring (bicyclic) bond motifs is 1. The minimum absolute atomic E-state index is 0.0351. The van der Waals surface area contributed by atoms with Gasteiger partial charge in [-0.3, -0.25) is 9.69 Å². The number of aromatic nitrogens is 1. The number of ether oxygens (including phenoxy) is 2. The molecule has 184 valence electrons. The number of thiazole rings is 1. The monoisotopic (exact) mass is 487 g/mol. The zero-order chi connectivity index (χ0) is 25.1.